The lowest BCUT2D eigenvalue weighted by atomic mass is 9.94. The van der Waals surface area contributed by atoms with E-state index in [2.05, 4.69) is 0 Å². The van der Waals surface area contributed by atoms with Crippen LogP contribution in [0.2, 0.25) is 0 Å². The Kier molecular flexibility index (Phi) is 5.79. The maximum Gasteiger partial charge on any atom is 0.307 e. The first-order valence-electron chi connectivity index (χ1n) is 7.06. The lowest BCUT2D eigenvalue weighted by Crippen LogP contribution is -2.47. The molecular weight excluding hydrogens is 244 g/mol. The monoisotopic (exact) mass is 270 g/mol. The van der Waals surface area contributed by atoms with Crippen LogP contribution in [-0.2, 0) is 9.59 Å². The van der Waals surface area contributed by atoms with E-state index in [0.29, 0.717) is 19.4 Å². The Hall–Kier alpha value is -1.10. The summed E-state index contributed by atoms with van der Waals surface area (Å²) in [5.41, 5.74) is 0. The molecule has 1 N–H and O–H groups in total. The van der Waals surface area contributed by atoms with Gasteiger partial charge >= 0.3 is 5.97 Å². The Morgan fingerprint density at radius 2 is 1.84 bits per heavy atom. The molecule has 0 spiro atoms. The van der Waals surface area contributed by atoms with Crippen LogP contribution in [0.5, 0.6) is 0 Å². The highest BCUT2D eigenvalue weighted by Gasteiger charge is 2.40. The van der Waals surface area contributed by atoms with Gasteiger partial charge in [0, 0.05) is 19.1 Å². The highest BCUT2D eigenvalue weighted by atomic mass is 16.4. The van der Waals surface area contributed by atoms with Crippen molar-refractivity contribution in [2.45, 2.75) is 39.2 Å². The van der Waals surface area contributed by atoms with E-state index in [1.165, 1.54) is 0 Å². The molecule has 1 aliphatic rings. The molecule has 0 radical (unpaired) electrons. The predicted octanol–water partition coefficient (Wildman–Crippen LogP) is 1.29. The van der Waals surface area contributed by atoms with E-state index in [1.54, 1.807) is 0 Å². The minimum Gasteiger partial charge on any atom is -0.481 e. The van der Waals surface area contributed by atoms with Crippen molar-refractivity contribution < 1.29 is 14.7 Å². The fourth-order valence-electron chi connectivity index (χ4n) is 3.08. The smallest absolute Gasteiger partial charge is 0.307 e. The number of aliphatic carboxylic acids is 1. The van der Waals surface area contributed by atoms with Crippen molar-refractivity contribution in [3.8, 4) is 0 Å². The van der Waals surface area contributed by atoms with Crippen LogP contribution in [-0.4, -0.2) is 60.0 Å². The largest absolute Gasteiger partial charge is 0.481 e. The average Bonchev–Trinajstić information content (AvgIpc) is 2.77. The normalized spacial score (nSPS) is 24.5. The Labute approximate surface area is 115 Å². The van der Waals surface area contributed by atoms with Crippen molar-refractivity contribution in [3.63, 3.8) is 0 Å². The molecule has 1 fully saturated rings. The molecule has 110 valence electrons. The summed E-state index contributed by atoms with van der Waals surface area (Å²) in [5, 5.41) is 9.19. The van der Waals surface area contributed by atoms with Gasteiger partial charge in [-0.25, -0.2) is 0 Å². The van der Waals surface area contributed by atoms with Crippen LogP contribution < -0.4 is 0 Å². The topological polar surface area (TPSA) is 60.9 Å². The molecule has 1 rings (SSSR count). The summed E-state index contributed by atoms with van der Waals surface area (Å²) in [6.07, 6.45) is 2.18. The molecule has 0 aliphatic heterocycles. The number of nitrogens with zero attached hydrogens (tertiary/aromatic N) is 2. The third-order valence-electron chi connectivity index (χ3n) is 3.94. The van der Waals surface area contributed by atoms with Gasteiger partial charge < -0.3 is 14.9 Å². The van der Waals surface area contributed by atoms with Gasteiger partial charge in [-0.15, -0.1) is 0 Å². The Bertz CT molecular complexity index is 331. The summed E-state index contributed by atoms with van der Waals surface area (Å²) in [6, 6.07) is 0.113. The van der Waals surface area contributed by atoms with Gasteiger partial charge in [-0.1, -0.05) is 6.42 Å². The molecule has 5 heteroatoms. The Balaban J connectivity index is 2.75. The van der Waals surface area contributed by atoms with Crippen molar-refractivity contribution in [1.82, 2.24) is 9.80 Å². The first kappa shape index (κ1) is 16.0. The van der Waals surface area contributed by atoms with Crippen LogP contribution in [0.15, 0.2) is 0 Å². The van der Waals surface area contributed by atoms with Gasteiger partial charge in [0.15, 0.2) is 0 Å². The second-order valence-electron chi connectivity index (χ2n) is 5.72. The lowest BCUT2D eigenvalue weighted by Gasteiger charge is -2.33. The van der Waals surface area contributed by atoms with Gasteiger partial charge in [-0.2, -0.15) is 0 Å². The van der Waals surface area contributed by atoms with Gasteiger partial charge in [0.05, 0.1) is 11.8 Å². The molecule has 3 atom stereocenters. The second kappa shape index (κ2) is 6.89. The molecule has 5 nitrogen and oxygen atoms in total. The molecule has 0 bridgehead atoms. The quantitative estimate of drug-likeness (QED) is 0.790. The molecule has 0 saturated heterocycles. The molecule has 0 aromatic rings. The third kappa shape index (κ3) is 3.93. The third-order valence-corrected chi connectivity index (χ3v) is 3.94. The van der Waals surface area contributed by atoms with Crippen LogP contribution in [0.4, 0.5) is 0 Å². The molecule has 1 unspecified atom stereocenters. The number of likely N-dealkylation sites (N-methyl/N-ethyl adjacent to an activating group) is 2. The fraction of sp³-hybridized carbons (Fsp3) is 0.857. The molecule has 1 amide bonds. The maximum absolute atomic E-state index is 12.6. The summed E-state index contributed by atoms with van der Waals surface area (Å²) < 4.78 is 0. The van der Waals surface area contributed by atoms with Crippen LogP contribution in [0, 0.1) is 11.8 Å². The van der Waals surface area contributed by atoms with Gasteiger partial charge in [-0.05, 0) is 40.8 Å². The zero-order valence-electron chi connectivity index (χ0n) is 12.4. The van der Waals surface area contributed by atoms with E-state index in [9.17, 15) is 14.7 Å². The SMILES string of the molecule is CCN(C(=O)[C@@H]1CCC[C@@H]1C(=O)O)C(C)CN(C)C. The van der Waals surface area contributed by atoms with Crippen molar-refractivity contribution in [2.24, 2.45) is 11.8 Å². The van der Waals surface area contributed by atoms with Crippen molar-refractivity contribution in [3.05, 3.63) is 0 Å². The standard InChI is InChI=1S/C14H26N2O3/c1-5-16(10(2)9-15(3)4)13(17)11-7-6-8-12(11)14(18)19/h10-12H,5-9H2,1-4H3,(H,18,19)/t10?,11-,12+/m1/s1. The molecule has 1 saturated carbocycles. The zero-order chi connectivity index (χ0) is 14.6. The van der Waals surface area contributed by atoms with Crippen molar-refractivity contribution in [2.75, 3.05) is 27.2 Å². The minimum atomic E-state index is -0.827. The van der Waals surface area contributed by atoms with Crippen LogP contribution >= 0.6 is 0 Å². The number of carboxylic acids is 1. The zero-order valence-corrected chi connectivity index (χ0v) is 12.4. The molecule has 1 aliphatic carbocycles. The fourth-order valence-corrected chi connectivity index (χ4v) is 3.08. The summed E-state index contributed by atoms with van der Waals surface area (Å²) in [6.45, 7) is 5.40. The highest BCUT2D eigenvalue weighted by Crippen LogP contribution is 2.33. The van der Waals surface area contributed by atoms with E-state index in [4.69, 9.17) is 0 Å². The number of amides is 1. The van der Waals surface area contributed by atoms with Gasteiger partial charge in [0.2, 0.25) is 5.91 Å². The van der Waals surface area contributed by atoms with E-state index in [-0.39, 0.29) is 17.9 Å². The number of carbonyl (C=O) groups is 2. The molecule has 0 aromatic carbocycles. The Morgan fingerprint density at radius 1 is 1.26 bits per heavy atom. The number of carbonyl (C=O) groups excluding carboxylic acids is 1. The van der Waals surface area contributed by atoms with E-state index in [1.807, 2.05) is 37.7 Å². The summed E-state index contributed by atoms with van der Waals surface area (Å²) in [4.78, 5) is 27.6. The van der Waals surface area contributed by atoms with E-state index in [0.717, 1.165) is 13.0 Å². The first-order chi connectivity index (χ1) is 8.88. The summed E-state index contributed by atoms with van der Waals surface area (Å²) in [5.74, 6) is -1.64. The van der Waals surface area contributed by atoms with Crippen LogP contribution in [0.3, 0.4) is 0 Å². The second-order valence-corrected chi connectivity index (χ2v) is 5.72. The van der Waals surface area contributed by atoms with Gasteiger partial charge in [-0.3, -0.25) is 9.59 Å². The van der Waals surface area contributed by atoms with Crippen LogP contribution in [0.25, 0.3) is 0 Å². The number of hydrogen-bond donors (Lipinski definition) is 1. The van der Waals surface area contributed by atoms with Crippen molar-refractivity contribution in [1.29, 1.82) is 0 Å². The number of carboxylic acid groups (broad SMARTS) is 1. The van der Waals surface area contributed by atoms with Crippen LogP contribution in [0.1, 0.15) is 33.1 Å². The maximum atomic E-state index is 12.6. The van der Waals surface area contributed by atoms with E-state index < -0.39 is 11.9 Å². The van der Waals surface area contributed by atoms with E-state index >= 15 is 0 Å². The highest BCUT2D eigenvalue weighted by molar-refractivity contribution is 5.85. The molecule has 0 aromatic heterocycles. The molecule has 0 heterocycles. The van der Waals surface area contributed by atoms with Crippen molar-refractivity contribution >= 4 is 11.9 Å². The van der Waals surface area contributed by atoms with Gasteiger partial charge in [0.25, 0.3) is 0 Å². The number of rotatable bonds is 6. The molecular formula is C14H26N2O3. The molecule has 19 heavy (non-hydrogen) atoms. The number of hydrogen-bond acceptors (Lipinski definition) is 3. The summed E-state index contributed by atoms with van der Waals surface area (Å²) in [7, 11) is 3.95. The summed E-state index contributed by atoms with van der Waals surface area (Å²) >= 11 is 0. The first-order valence-corrected chi connectivity index (χ1v) is 7.06. The Morgan fingerprint density at radius 3 is 2.32 bits per heavy atom. The lowest BCUT2D eigenvalue weighted by molar-refractivity contribution is -0.150. The average molecular weight is 270 g/mol. The minimum absolute atomic E-state index is 0.0155. The van der Waals surface area contributed by atoms with Gasteiger partial charge in [0.1, 0.15) is 0 Å². The predicted molar refractivity (Wildman–Crippen MR) is 73.9 cm³/mol.